The predicted molar refractivity (Wildman–Crippen MR) is 122 cm³/mol. The Bertz CT molecular complexity index is 381. The maximum atomic E-state index is 6.39. The second kappa shape index (κ2) is 12.6. The van der Waals surface area contributed by atoms with Crippen molar-refractivity contribution in [3.8, 4) is 0 Å². The number of hydrogen-bond acceptors (Lipinski definition) is 1. The van der Waals surface area contributed by atoms with Crippen LogP contribution in [0.15, 0.2) is 0 Å². The monoisotopic (exact) mass is 390 g/mol. The molecule has 0 saturated heterocycles. The molecule has 28 heavy (non-hydrogen) atoms. The summed E-state index contributed by atoms with van der Waals surface area (Å²) in [6.45, 7) is 5.73. The van der Waals surface area contributed by atoms with Gasteiger partial charge in [0.2, 0.25) is 0 Å². The summed E-state index contributed by atoms with van der Waals surface area (Å²) in [4.78, 5) is 0. The highest BCUT2D eigenvalue weighted by Crippen LogP contribution is 2.42. The van der Waals surface area contributed by atoms with Gasteiger partial charge in [-0.25, -0.2) is 0 Å². The van der Waals surface area contributed by atoms with E-state index in [9.17, 15) is 0 Å². The molecule has 1 nitrogen and oxygen atoms in total. The van der Waals surface area contributed by atoms with E-state index in [2.05, 4.69) is 13.8 Å². The van der Waals surface area contributed by atoms with Crippen molar-refractivity contribution in [3.63, 3.8) is 0 Å². The molecule has 3 aliphatic rings. The molecule has 0 atom stereocenters. The molecule has 0 aromatic heterocycles. The van der Waals surface area contributed by atoms with Gasteiger partial charge in [0.1, 0.15) is 0 Å². The molecule has 0 amide bonds. The third kappa shape index (κ3) is 7.33. The van der Waals surface area contributed by atoms with Crippen molar-refractivity contribution < 1.29 is 4.74 Å². The van der Waals surface area contributed by atoms with E-state index in [0.717, 1.165) is 36.2 Å². The van der Waals surface area contributed by atoms with E-state index in [1.807, 2.05) is 0 Å². The van der Waals surface area contributed by atoms with Crippen LogP contribution in [0, 0.1) is 29.6 Å². The van der Waals surface area contributed by atoms with Gasteiger partial charge < -0.3 is 4.74 Å². The minimum atomic E-state index is 0.591. The molecule has 1 heteroatoms. The molecule has 0 aliphatic heterocycles. The zero-order valence-electron chi connectivity index (χ0n) is 19.3. The van der Waals surface area contributed by atoms with E-state index < -0.39 is 0 Å². The molecule has 0 aromatic rings. The summed E-state index contributed by atoms with van der Waals surface area (Å²) in [5.74, 6) is 5.06. The zero-order chi connectivity index (χ0) is 19.6. The van der Waals surface area contributed by atoms with Gasteiger partial charge in [-0.3, -0.25) is 0 Å². The lowest BCUT2D eigenvalue weighted by molar-refractivity contribution is -0.0129. The third-order valence-electron chi connectivity index (χ3n) is 8.72. The van der Waals surface area contributed by atoms with Crippen LogP contribution in [-0.2, 0) is 4.74 Å². The highest BCUT2D eigenvalue weighted by molar-refractivity contribution is 4.82. The number of unbranched alkanes of at least 4 members (excludes halogenated alkanes) is 2. The first-order chi connectivity index (χ1) is 13.8. The van der Waals surface area contributed by atoms with E-state index in [-0.39, 0.29) is 0 Å². The molecule has 164 valence electrons. The minimum absolute atomic E-state index is 0.591. The van der Waals surface area contributed by atoms with Crippen LogP contribution in [0.4, 0.5) is 0 Å². The highest BCUT2D eigenvalue weighted by Gasteiger charge is 2.31. The minimum Gasteiger partial charge on any atom is -0.378 e. The van der Waals surface area contributed by atoms with E-state index in [1.54, 1.807) is 12.8 Å². The molecule has 3 rings (SSSR count). The SMILES string of the molecule is CCCCCC1CCC(C2CCC(CO[C@H]3CC[C@H](CCC)CC3)CC2)CC1. The smallest absolute Gasteiger partial charge is 0.0575 e. The molecule has 3 saturated carbocycles. The molecule has 0 radical (unpaired) electrons. The third-order valence-corrected chi connectivity index (χ3v) is 8.72. The van der Waals surface area contributed by atoms with E-state index in [1.165, 1.54) is 103 Å². The molecular formula is C27H50O. The number of rotatable bonds is 10. The Labute approximate surface area is 176 Å². The fraction of sp³-hybridized carbons (Fsp3) is 1.00. The first kappa shape index (κ1) is 22.6. The summed E-state index contributed by atoms with van der Waals surface area (Å²) in [5.41, 5.74) is 0. The summed E-state index contributed by atoms with van der Waals surface area (Å²) in [6.07, 6.45) is 26.8. The van der Waals surface area contributed by atoms with Crippen molar-refractivity contribution in [2.75, 3.05) is 6.61 Å². The zero-order valence-corrected chi connectivity index (χ0v) is 19.3. The molecule has 3 fully saturated rings. The number of hydrogen-bond donors (Lipinski definition) is 0. The van der Waals surface area contributed by atoms with Gasteiger partial charge in [-0.2, -0.15) is 0 Å². The summed E-state index contributed by atoms with van der Waals surface area (Å²) < 4.78 is 6.39. The maximum absolute atomic E-state index is 6.39. The molecule has 0 N–H and O–H groups in total. The second-order valence-corrected chi connectivity index (χ2v) is 10.8. The summed E-state index contributed by atoms with van der Waals surface area (Å²) in [6, 6.07) is 0. The van der Waals surface area contributed by atoms with Gasteiger partial charge in [0.15, 0.2) is 0 Å². The van der Waals surface area contributed by atoms with Crippen LogP contribution in [0.5, 0.6) is 0 Å². The average molecular weight is 391 g/mol. The van der Waals surface area contributed by atoms with E-state index in [4.69, 9.17) is 4.74 Å². The van der Waals surface area contributed by atoms with Crippen LogP contribution in [0.1, 0.15) is 129 Å². The summed E-state index contributed by atoms with van der Waals surface area (Å²) in [7, 11) is 0. The van der Waals surface area contributed by atoms with Crippen molar-refractivity contribution in [1.29, 1.82) is 0 Å². The highest BCUT2D eigenvalue weighted by atomic mass is 16.5. The Hall–Kier alpha value is -0.0400. The lowest BCUT2D eigenvalue weighted by atomic mass is 9.69. The van der Waals surface area contributed by atoms with Crippen LogP contribution in [0.25, 0.3) is 0 Å². The molecule has 0 bridgehead atoms. The second-order valence-electron chi connectivity index (χ2n) is 10.8. The van der Waals surface area contributed by atoms with Crippen molar-refractivity contribution in [2.24, 2.45) is 29.6 Å². The van der Waals surface area contributed by atoms with Gasteiger partial charge in [0, 0.05) is 6.61 Å². The molecular weight excluding hydrogens is 340 g/mol. The Morgan fingerprint density at radius 1 is 0.536 bits per heavy atom. The van der Waals surface area contributed by atoms with Crippen LogP contribution >= 0.6 is 0 Å². The van der Waals surface area contributed by atoms with Gasteiger partial charge in [-0.1, -0.05) is 65.2 Å². The van der Waals surface area contributed by atoms with Crippen LogP contribution in [0.3, 0.4) is 0 Å². The largest absolute Gasteiger partial charge is 0.378 e. The Kier molecular flexibility index (Phi) is 10.2. The quantitative estimate of drug-likeness (QED) is 0.339. The Morgan fingerprint density at radius 3 is 1.64 bits per heavy atom. The fourth-order valence-corrected chi connectivity index (χ4v) is 6.73. The van der Waals surface area contributed by atoms with Gasteiger partial charge in [-0.15, -0.1) is 0 Å². The predicted octanol–water partition coefficient (Wildman–Crippen LogP) is 8.56. The van der Waals surface area contributed by atoms with E-state index >= 15 is 0 Å². The maximum Gasteiger partial charge on any atom is 0.0575 e. The first-order valence-electron chi connectivity index (χ1n) is 13.4. The van der Waals surface area contributed by atoms with Crippen LogP contribution in [0.2, 0.25) is 0 Å². The fourth-order valence-electron chi connectivity index (χ4n) is 6.73. The lowest BCUT2D eigenvalue weighted by Crippen LogP contribution is -2.29. The molecule has 0 heterocycles. The van der Waals surface area contributed by atoms with Crippen LogP contribution in [-0.4, -0.2) is 12.7 Å². The molecule has 0 spiro atoms. The van der Waals surface area contributed by atoms with Crippen molar-refractivity contribution in [1.82, 2.24) is 0 Å². The molecule has 0 unspecified atom stereocenters. The van der Waals surface area contributed by atoms with Crippen molar-refractivity contribution in [2.45, 2.75) is 136 Å². The standard InChI is InChI=1S/C27H50O/c1-3-5-6-8-23-9-15-25(16-10-23)26-17-11-24(12-18-26)21-28-27-19-13-22(7-4-2)14-20-27/h22-27H,3-21H2,1-2H3/t22-,23?,24?,25?,26?,27-. The van der Waals surface area contributed by atoms with Crippen LogP contribution < -0.4 is 0 Å². The van der Waals surface area contributed by atoms with Gasteiger partial charge in [-0.05, 0) is 93.8 Å². The first-order valence-corrected chi connectivity index (χ1v) is 13.4. The topological polar surface area (TPSA) is 9.23 Å². The Morgan fingerprint density at radius 2 is 1.07 bits per heavy atom. The lowest BCUT2D eigenvalue weighted by Gasteiger charge is -2.38. The summed E-state index contributed by atoms with van der Waals surface area (Å²) in [5, 5.41) is 0. The van der Waals surface area contributed by atoms with Crippen molar-refractivity contribution >= 4 is 0 Å². The molecule has 3 aliphatic carbocycles. The normalized spacial score (nSPS) is 37.1. The van der Waals surface area contributed by atoms with Gasteiger partial charge in [0.05, 0.1) is 6.10 Å². The summed E-state index contributed by atoms with van der Waals surface area (Å²) >= 11 is 0. The average Bonchev–Trinajstić information content (AvgIpc) is 2.75. The van der Waals surface area contributed by atoms with Crippen molar-refractivity contribution in [3.05, 3.63) is 0 Å². The number of ether oxygens (including phenoxy) is 1. The Balaban J connectivity index is 1.25. The van der Waals surface area contributed by atoms with Gasteiger partial charge >= 0.3 is 0 Å². The van der Waals surface area contributed by atoms with Gasteiger partial charge in [0.25, 0.3) is 0 Å². The van der Waals surface area contributed by atoms with E-state index in [0.29, 0.717) is 6.10 Å². The molecule has 0 aromatic carbocycles.